The number of rotatable bonds is 8. The van der Waals surface area contributed by atoms with Gasteiger partial charge in [0.2, 0.25) is 0 Å². The van der Waals surface area contributed by atoms with Crippen molar-refractivity contribution in [1.29, 1.82) is 0 Å². The molecule has 1 unspecified atom stereocenters. The van der Waals surface area contributed by atoms with E-state index in [0.717, 1.165) is 17.7 Å². The van der Waals surface area contributed by atoms with Gasteiger partial charge in [-0.25, -0.2) is 4.79 Å². The molecule has 0 spiro atoms. The predicted octanol–water partition coefficient (Wildman–Crippen LogP) is 2.41. The molecule has 1 amide bonds. The number of carbonyl (C=O) groups excluding carboxylic acids is 2. The van der Waals surface area contributed by atoms with Crippen LogP contribution in [-0.2, 0) is 16.0 Å². The Morgan fingerprint density at radius 2 is 1.75 bits per heavy atom. The fraction of sp³-hybridized carbons (Fsp3) is 0.222. The average Bonchev–Trinajstić information content (AvgIpc) is 2.67. The Kier molecular flexibility index (Phi) is 6.74. The summed E-state index contributed by atoms with van der Waals surface area (Å²) in [6.45, 7) is 1.71. The number of nitrogens with zero attached hydrogens (tertiary/aromatic N) is 2. The van der Waals surface area contributed by atoms with Crippen LogP contribution in [0.4, 0.5) is 11.4 Å². The van der Waals surface area contributed by atoms with E-state index >= 15 is 0 Å². The molecule has 0 aromatic heterocycles. The number of nitrogens with one attached hydrogen (secondary N) is 1. The number of esters is 1. The smallest absolute Gasteiger partial charge is 0.328 e. The summed E-state index contributed by atoms with van der Waals surface area (Å²) in [5, 5.41) is 24.5. The Morgan fingerprint density at radius 1 is 1.07 bits per heavy atom. The van der Waals surface area contributed by atoms with E-state index in [1.807, 2.05) is 0 Å². The van der Waals surface area contributed by atoms with Crippen LogP contribution in [0.1, 0.15) is 22.8 Å². The first kappa shape index (κ1) is 20.5. The van der Waals surface area contributed by atoms with Gasteiger partial charge in [-0.2, -0.15) is 0 Å². The molecule has 0 aliphatic heterocycles. The van der Waals surface area contributed by atoms with E-state index in [9.17, 15) is 29.8 Å². The average molecular weight is 387 g/mol. The first-order valence-corrected chi connectivity index (χ1v) is 8.27. The molecule has 0 aliphatic rings. The van der Waals surface area contributed by atoms with Gasteiger partial charge >= 0.3 is 5.97 Å². The Hall–Kier alpha value is -3.82. The van der Waals surface area contributed by atoms with Gasteiger partial charge in [-0.15, -0.1) is 0 Å². The lowest BCUT2D eigenvalue weighted by Gasteiger charge is -2.17. The van der Waals surface area contributed by atoms with E-state index in [0.29, 0.717) is 6.07 Å². The summed E-state index contributed by atoms with van der Waals surface area (Å²) < 4.78 is 4.96. The molecule has 0 saturated carbocycles. The maximum absolute atomic E-state index is 12.6. The summed E-state index contributed by atoms with van der Waals surface area (Å²) in [6, 6.07) is 10.4. The molecule has 2 rings (SSSR count). The molecule has 0 fully saturated rings. The van der Waals surface area contributed by atoms with E-state index in [4.69, 9.17) is 4.74 Å². The van der Waals surface area contributed by atoms with Crippen LogP contribution in [0.3, 0.4) is 0 Å². The van der Waals surface area contributed by atoms with E-state index in [1.54, 1.807) is 37.3 Å². The number of hydrogen-bond donors (Lipinski definition) is 1. The standard InChI is InChI=1S/C18H17N3O7/c1-2-28-18(23)15(10-12-6-4-3-5-7-12)19-17(22)14-9-8-13(20(24)25)11-16(14)21(26)27/h3-9,11,15H,2,10H2,1H3,(H,19,22). The first-order chi connectivity index (χ1) is 13.3. The molecule has 2 aromatic rings. The van der Waals surface area contributed by atoms with Crippen molar-refractivity contribution in [3.63, 3.8) is 0 Å². The zero-order chi connectivity index (χ0) is 20.7. The van der Waals surface area contributed by atoms with Crippen LogP contribution in [0.2, 0.25) is 0 Å². The molecule has 1 atom stereocenters. The minimum Gasteiger partial charge on any atom is -0.464 e. The van der Waals surface area contributed by atoms with Crippen molar-refractivity contribution >= 4 is 23.3 Å². The Bertz CT molecular complexity index is 899. The highest BCUT2D eigenvalue weighted by atomic mass is 16.6. The maximum Gasteiger partial charge on any atom is 0.328 e. The van der Waals surface area contributed by atoms with Gasteiger partial charge in [0.05, 0.1) is 22.5 Å². The molecule has 0 radical (unpaired) electrons. The van der Waals surface area contributed by atoms with E-state index in [-0.39, 0.29) is 13.0 Å². The summed E-state index contributed by atoms with van der Waals surface area (Å²) >= 11 is 0. The third-order valence-corrected chi connectivity index (χ3v) is 3.79. The largest absolute Gasteiger partial charge is 0.464 e. The third-order valence-electron chi connectivity index (χ3n) is 3.79. The summed E-state index contributed by atoms with van der Waals surface area (Å²) in [7, 11) is 0. The normalized spacial score (nSPS) is 11.3. The van der Waals surface area contributed by atoms with Gasteiger partial charge in [0.1, 0.15) is 11.6 Å². The number of non-ortho nitro benzene ring substituents is 1. The highest BCUT2D eigenvalue weighted by molar-refractivity contribution is 6.00. The molecule has 1 N–H and O–H groups in total. The van der Waals surface area contributed by atoms with Crippen LogP contribution in [-0.4, -0.2) is 34.4 Å². The van der Waals surface area contributed by atoms with Gasteiger partial charge in [-0.05, 0) is 18.6 Å². The highest BCUT2D eigenvalue weighted by Gasteiger charge is 2.28. The second-order valence-corrected chi connectivity index (χ2v) is 5.68. The number of ether oxygens (including phenoxy) is 1. The summed E-state index contributed by atoms with van der Waals surface area (Å²) in [6.07, 6.45) is 0.117. The first-order valence-electron chi connectivity index (χ1n) is 8.27. The zero-order valence-electron chi connectivity index (χ0n) is 14.9. The molecular weight excluding hydrogens is 370 g/mol. The Balaban J connectivity index is 2.31. The molecular formula is C18H17N3O7. The topological polar surface area (TPSA) is 142 Å². The number of nitro benzene ring substituents is 2. The monoisotopic (exact) mass is 387 g/mol. The van der Waals surface area contributed by atoms with Crippen LogP contribution in [0, 0.1) is 20.2 Å². The second-order valence-electron chi connectivity index (χ2n) is 5.68. The number of carbonyl (C=O) groups is 2. The molecule has 2 aromatic carbocycles. The molecule has 0 bridgehead atoms. The van der Waals surface area contributed by atoms with Crippen LogP contribution in [0.25, 0.3) is 0 Å². The highest BCUT2D eigenvalue weighted by Crippen LogP contribution is 2.24. The number of hydrogen-bond acceptors (Lipinski definition) is 7. The minimum absolute atomic E-state index is 0.0949. The molecule has 146 valence electrons. The van der Waals surface area contributed by atoms with Crippen molar-refractivity contribution in [3.8, 4) is 0 Å². The van der Waals surface area contributed by atoms with E-state index in [2.05, 4.69) is 5.32 Å². The Morgan fingerprint density at radius 3 is 2.32 bits per heavy atom. The van der Waals surface area contributed by atoms with Crippen molar-refractivity contribution in [3.05, 3.63) is 79.9 Å². The lowest BCUT2D eigenvalue weighted by molar-refractivity contribution is -0.394. The lowest BCUT2D eigenvalue weighted by Crippen LogP contribution is -2.43. The summed E-state index contributed by atoms with van der Waals surface area (Å²) in [5.41, 5.74) is -0.888. The molecule has 10 nitrogen and oxygen atoms in total. The van der Waals surface area contributed by atoms with Crippen molar-refractivity contribution in [2.24, 2.45) is 0 Å². The second kappa shape index (κ2) is 9.21. The van der Waals surface area contributed by atoms with Crippen molar-refractivity contribution < 1.29 is 24.2 Å². The SMILES string of the molecule is CCOC(=O)C(Cc1ccccc1)NC(=O)c1ccc([N+](=O)[O-])cc1[N+](=O)[O-]. The molecule has 0 saturated heterocycles. The molecule has 28 heavy (non-hydrogen) atoms. The van der Waals surface area contributed by atoms with Gasteiger partial charge in [0.15, 0.2) is 0 Å². The van der Waals surface area contributed by atoms with Gasteiger partial charge in [0, 0.05) is 12.5 Å². The van der Waals surface area contributed by atoms with E-state index < -0.39 is 44.7 Å². The molecule has 0 heterocycles. The fourth-order valence-corrected chi connectivity index (χ4v) is 2.50. The van der Waals surface area contributed by atoms with Crippen molar-refractivity contribution in [2.45, 2.75) is 19.4 Å². The van der Waals surface area contributed by atoms with Crippen molar-refractivity contribution in [1.82, 2.24) is 5.32 Å². The summed E-state index contributed by atoms with van der Waals surface area (Å²) in [4.78, 5) is 45.1. The van der Waals surface area contributed by atoms with Crippen LogP contribution in [0.5, 0.6) is 0 Å². The number of benzene rings is 2. The quantitative estimate of drug-likeness (QED) is 0.416. The van der Waals surface area contributed by atoms with Crippen LogP contribution < -0.4 is 5.32 Å². The fourth-order valence-electron chi connectivity index (χ4n) is 2.50. The predicted molar refractivity (Wildman–Crippen MR) is 97.8 cm³/mol. The minimum atomic E-state index is -1.08. The molecule has 10 heteroatoms. The van der Waals surface area contributed by atoms with Crippen molar-refractivity contribution in [2.75, 3.05) is 6.61 Å². The summed E-state index contributed by atoms with van der Waals surface area (Å²) in [5.74, 6) is -1.60. The van der Waals surface area contributed by atoms with Gasteiger partial charge in [-0.1, -0.05) is 30.3 Å². The molecule has 0 aliphatic carbocycles. The Labute approximate surface area is 159 Å². The maximum atomic E-state index is 12.6. The van der Waals surface area contributed by atoms with Gasteiger partial charge < -0.3 is 10.1 Å². The number of nitro groups is 2. The van der Waals surface area contributed by atoms with Gasteiger partial charge in [-0.3, -0.25) is 25.0 Å². The van der Waals surface area contributed by atoms with E-state index in [1.165, 1.54) is 0 Å². The van der Waals surface area contributed by atoms with Crippen LogP contribution in [0.15, 0.2) is 48.5 Å². The third kappa shape index (κ3) is 5.10. The number of amides is 1. The lowest BCUT2D eigenvalue weighted by atomic mass is 10.0. The van der Waals surface area contributed by atoms with Gasteiger partial charge in [0.25, 0.3) is 17.3 Å². The zero-order valence-corrected chi connectivity index (χ0v) is 14.9. The van der Waals surface area contributed by atoms with Crippen LogP contribution >= 0.6 is 0 Å².